The van der Waals surface area contributed by atoms with Crippen LogP contribution in [-0.4, -0.2) is 85.2 Å². The zero-order valence-corrected chi connectivity index (χ0v) is 24.8. The van der Waals surface area contributed by atoms with Crippen molar-refractivity contribution in [3.05, 3.63) is 48.7 Å². The summed E-state index contributed by atoms with van der Waals surface area (Å²) in [7, 11) is 5.91. The molecule has 5 heterocycles. The molecular formula is C29H33BN8O4S. The number of imidazole rings is 2. The molecule has 12 nitrogen and oxygen atoms in total. The Labute approximate surface area is 253 Å². The van der Waals surface area contributed by atoms with E-state index in [2.05, 4.69) is 25.6 Å². The van der Waals surface area contributed by atoms with Gasteiger partial charge in [-0.05, 0) is 49.3 Å². The van der Waals surface area contributed by atoms with Crippen molar-refractivity contribution in [3.63, 3.8) is 0 Å². The number of nitrogens with one attached hydrogen (secondary N) is 3. The van der Waals surface area contributed by atoms with Gasteiger partial charge in [0, 0.05) is 12.7 Å². The Morgan fingerprint density at radius 2 is 1.84 bits per heavy atom. The monoisotopic (exact) mass is 600 g/mol. The van der Waals surface area contributed by atoms with Crippen LogP contribution in [0.1, 0.15) is 51.4 Å². The summed E-state index contributed by atoms with van der Waals surface area (Å²) in [5.41, 5.74) is 2.83. The number of carbonyl (C=O) groups excluding carboxylic acids is 2. The standard InChI is InChI=1S/C29H33BN8O4S/c1-16(2)24(35-29(41)42)27(40)37-11-3-5-20(37)25-31-13-19(32-25)17-7-9-18(10-8-17)22-14-36-15-23(34-28(36)43-22)33-26(39)21-6-4-12-38(21)30/h7-10,13-16,20-21,24,35H,3-6,11-12H2,1-2H3,(H,31,32)(H,33,39)(H,41,42)/t20-,21-,24-/m0/s1. The summed E-state index contributed by atoms with van der Waals surface area (Å²) >= 11 is 1.53. The number of carbonyl (C=O) groups is 3. The molecule has 3 aromatic heterocycles. The third-order valence-electron chi connectivity index (χ3n) is 8.14. The average molecular weight is 601 g/mol. The van der Waals surface area contributed by atoms with Crippen LogP contribution < -0.4 is 10.6 Å². The summed E-state index contributed by atoms with van der Waals surface area (Å²) in [5, 5.41) is 14.5. The summed E-state index contributed by atoms with van der Waals surface area (Å²) in [5.74, 6) is 0.664. The molecule has 6 rings (SSSR count). The molecule has 4 aromatic rings. The average Bonchev–Trinajstić information content (AvgIpc) is 3.79. The molecule has 2 saturated heterocycles. The fourth-order valence-electron chi connectivity index (χ4n) is 5.88. The maximum atomic E-state index is 13.3. The van der Waals surface area contributed by atoms with Gasteiger partial charge in [-0.15, -0.1) is 0 Å². The summed E-state index contributed by atoms with van der Waals surface area (Å²) in [6.45, 7) is 4.93. The number of hydrogen-bond donors (Lipinski definition) is 4. The van der Waals surface area contributed by atoms with E-state index in [0.717, 1.165) is 52.3 Å². The lowest BCUT2D eigenvalue weighted by molar-refractivity contribution is -0.135. The molecule has 2 radical (unpaired) electrons. The number of likely N-dealkylation sites (tertiary alicyclic amines) is 1. The first kappa shape index (κ1) is 28.9. The quantitative estimate of drug-likeness (QED) is 0.224. The van der Waals surface area contributed by atoms with Crippen molar-refractivity contribution in [2.45, 2.75) is 57.7 Å². The zero-order valence-electron chi connectivity index (χ0n) is 24.0. The molecule has 222 valence electrons. The van der Waals surface area contributed by atoms with E-state index in [1.54, 1.807) is 15.9 Å². The highest BCUT2D eigenvalue weighted by Gasteiger charge is 2.37. The van der Waals surface area contributed by atoms with E-state index in [9.17, 15) is 19.5 Å². The molecule has 0 aliphatic carbocycles. The number of nitrogens with zero attached hydrogens (tertiary/aromatic N) is 5. The van der Waals surface area contributed by atoms with Gasteiger partial charge in [0.15, 0.2) is 18.8 Å². The molecule has 0 spiro atoms. The summed E-state index contributed by atoms with van der Waals surface area (Å²) in [6.07, 6.45) is 7.59. The van der Waals surface area contributed by atoms with E-state index in [0.29, 0.717) is 24.7 Å². The fraction of sp³-hybridized carbons (Fsp3) is 0.414. The van der Waals surface area contributed by atoms with Crippen LogP contribution in [0.2, 0.25) is 0 Å². The van der Waals surface area contributed by atoms with Crippen molar-refractivity contribution < 1.29 is 19.5 Å². The van der Waals surface area contributed by atoms with Gasteiger partial charge < -0.3 is 30.4 Å². The predicted octanol–water partition coefficient (Wildman–Crippen LogP) is 3.90. The lowest BCUT2D eigenvalue weighted by Crippen LogP contribution is -2.50. The number of rotatable bonds is 8. The van der Waals surface area contributed by atoms with Crippen molar-refractivity contribution in [1.82, 2.24) is 34.4 Å². The Bertz CT molecular complexity index is 1620. The second kappa shape index (κ2) is 11.8. The van der Waals surface area contributed by atoms with Crippen LogP contribution in [0.15, 0.2) is 42.9 Å². The number of thiazole rings is 1. The largest absolute Gasteiger partial charge is 0.465 e. The highest BCUT2D eigenvalue weighted by atomic mass is 32.1. The Morgan fingerprint density at radius 3 is 2.51 bits per heavy atom. The van der Waals surface area contributed by atoms with Gasteiger partial charge in [-0.25, -0.2) is 14.8 Å². The van der Waals surface area contributed by atoms with Crippen LogP contribution in [0.4, 0.5) is 10.6 Å². The Morgan fingerprint density at radius 1 is 1.09 bits per heavy atom. The SMILES string of the molecule is [B]N1CCC[C@H]1C(=O)Nc1cn2cc(-c3ccc(-c4cnc([C@@H]5CCCN5C(=O)[C@@H](NC(=O)O)C(C)C)[nH]4)cc3)sc2n1. The molecule has 4 N–H and O–H groups in total. The lowest BCUT2D eigenvalue weighted by Gasteiger charge is -2.29. The van der Waals surface area contributed by atoms with E-state index >= 15 is 0 Å². The summed E-state index contributed by atoms with van der Waals surface area (Å²) < 4.78 is 1.91. The van der Waals surface area contributed by atoms with Crippen molar-refractivity contribution in [2.24, 2.45) is 5.92 Å². The highest BCUT2D eigenvalue weighted by molar-refractivity contribution is 7.20. The highest BCUT2D eigenvalue weighted by Crippen LogP contribution is 2.34. The first-order valence-electron chi connectivity index (χ1n) is 14.4. The zero-order chi connectivity index (χ0) is 30.2. The third kappa shape index (κ3) is 5.89. The van der Waals surface area contributed by atoms with Gasteiger partial charge in [0.05, 0.1) is 35.0 Å². The van der Waals surface area contributed by atoms with Crippen molar-refractivity contribution in [2.75, 3.05) is 18.4 Å². The van der Waals surface area contributed by atoms with Gasteiger partial charge in [-0.2, -0.15) is 0 Å². The smallest absolute Gasteiger partial charge is 0.405 e. The molecule has 2 fully saturated rings. The van der Waals surface area contributed by atoms with Crippen LogP contribution in [0, 0.1) is 5.92 Å². The summed E-state index contributed by atoms with van der Waals surface area (Å²) in [6, 6.07) is 6.75. The van der Waals surface area contributed by atoms with Crippen LogP contribution in [0.5, 0.6) is 0 Å². The number of aromatic nitrogens is 4. The summed E-state index contributed by atoms with van der Waals surface area (Å²) in [4.78, 5) is 54.8. The minimum atomic E-state index is -1.21. The Kier molecular flexibility index (Phi) is 7.97. The molecule has 3 amide bonds. The van der Waals surface area contributed by atoms with Crippen LogP contribution >= 0.6 is 11.3 Å². The number of fused-ring (bicyclic) bond motifs is 1. The van der Waals surface area contributed by atoms with E-state index in [1.807, 2.05) is 54.9 Å². The maximum Gasteiger partial charge on any atom is 0.405 e. The lowest BCUT2D eigenvalue weighted by atomic mass is 10.0. The maximum absolute atomic E-state index is 13.3. The van der Waals surface area contributed by atoms with Crippen LogP contribution in [0.25, 0.3) is 26.7 Å². The number of carboxylic acid groups (broad SMARTS) is 1. The molecule has 2 aliphatic rings. The third-order valence-corrected chi connectivity index (χ3v) is 9.19. The first-order chi connectivity index (χ1) is 20.7. The number of amides is 3. The molecule has 0 bridgehead atoms. The van der Waals surface area contributed by atoms with Crippen molar-refractivity contribution in [1.29, 1.82) is 0 Å². The van der Waals surface area contributed by atoms with E-state index in [-0.39, 0.29) is 29.8 Å². The van der Waals surface area contributed by atoms with Gasteiger partial charge in [-0.1, -0.05) is 49.4 Å². The predicted molar refractivity (Wildman–Crippen MR) is 164 cm³/mol. The molecule has 1 aromatic carbocycles. The van der Waals surface area contributed by atoms with Gasteiger partial charge in [-0.3, -0.25) is 14.0 Å². The molecule has 0 saturated carbocycles. The number of benzene rings is 1. The number of H-pyrrole nitrogens is 1. The van der Waals surface area contributed by atoms with Crippen LogP contribution in [-0.2, 0) is 9.59 Å². The molecule has 14 heteroatoms. The van der Waals surface area contributed by atoms with Crippen molar-refractivity contribution in [3.8, 4) is 21.7 Å². The van der Waals surface area contributed by atoms with Gasteiger partial charge in [0.1, 0.15) is 11.9 Å². The molecule has 43 heavy (non-hydrogen) atoms. The normalized spacial score (nSPS) is 19.7. The molecule has 2 aliphatic heterocycles. The molecule has 0 unspecified atom stereocenters. The molecule has 3 atom stereocenters. The van der Waals surface area contributed by atoms with Crippen molar-refractivity contribution >= 4 is 48.0 Å². The van der Waals surface area contributed by atoms with Crippen LogP contribution in [0.3, 0.4) is 0 Å². The van der Waals surface area contributed by atoms with E-state index in [1.165, 1.54) is 11.3 Å². The first-order valence-corrected chi connectivity index (χ1v) is 15.3. The minimum absolute atomic E-state index is 0.134. The number of anilines is 1. The van der Waals surface area contributed by atoms with Gasteiger partial charge in [0.25, 0.3) is 0 Å². The Hall–Kier alpha value is -4.17. The van der Waals surface area contributed by atoms with E-state index in [4.69, 9.17) is 7.98 Å². The fourth-order valence-corrected chi connectivity index (χ4v) is 6.85. The van der Waals surface area contributed by atoms with Gasteiger partial charge >= 0.3 is 6.09 Å². The second-order valence-electron chi connectivity index (χ2n) is 11.4. The topological polar surface area (TPSA) is 148 Å². The van der Waals surface area contributed by atoms with E-state index < -0.39 is 12.1 Å². The Balaban J connectivity index is 1.13. The number of hydrogen-bond acceptors (Lipinski definition) is 7. The second-order valence-corrected chi connectivity index (χ2v) is 12.4. The molecular weight excluding hydrogens is 567 g/mol. The van der Waals surface area contributed by atoms with Gasteiger partial charge in [0.2, 0.25) is 11.8 Å². The minimum Gasteiger partial charge on any atom is -0.465 e. The number of aromatic amines is 1.